The van der Waals surface area contributed by atoms with E-state index >= 15 is 0 Å². The lowest BCUT2D eigenvalue weighted by Crippen LogP contribution is -2.09. The van der Waals surface area contributed by atoms with Crippen molar-refractivity contribution in [3.63, 3.8) is 0 Å². The van der Waals surface area contributed by atoms with Crippen molar-refractivity contribution < 1.29 is 22.4 Å². The number of hydrogen-bond acceptors (Lipinski definition) is 9. The first-order chi connectivity index (χ1) is 15.2. The van der Waals surface area contributed by atoms with Crippen molar-refractivity contribution in [2.75, 3.05) is 5.43 Å². The van der Waals surface area contributed by atoms with Crippen LogP contribution in [-0.2, 0) is 10.1 Å². The van der Waals surface area contributed by atoms with Crippen molar-refractivity contribution in [3.8, 4) is 5.75 Å². The van der Waals surface area contributed by atoms with Crippen LogP contribution < -0.4 is 9.61 Å². The molecule has 0 atom stereocenters. The molecule has 0 unspecified atom stereocenters. The first-order valence-electron chi connectivity index (χ1n) is 8.99. The number of hydrazone groups is 1. The number of anilines is 1. The van der Waals surface area contributed by atoms with Gasteiger partial charge in [-0.25, -0.2) is 0 Å². The van der Waals surface area contributed by atoms with E-state index in [1.165, 1.54) is 36.5 Å². The lowest BCUT2D eigenvalue weighted by Gasteiger charge is -2.08. The second-order valence-corrected chi connectivity index (χ2v) is 8.05. The Labute approximate surface area is 182 Å². The summed E-state index contributed by atoms with van der Waals surface area (Å²) in [6, 6.07) is 15.3. The third-order valence-electron chi connectivity index (χ3n) is 4.16. The predicted molar refractivity (Wildman–Crippen MR) is 116 cm³/mol. The van der Waals surface area contributed by atoms with Crippen LogP contribution in [0.3, 0.4) is 0 Å². The maximum atomic E-state index is 12.4. The van der Waals surface area contributed by atoms with Gasteiger partial charge in [0.25, 0.3) is 5.69 Å². The van der Waals surface area contributed by atoms with Crippen molar-refractivity contribution in [1.82, 2.24) is 0 Å². The normalized spacial score (nSPS) is 11.3. The van der Waals surface area contributed by atoms with Gasteiger partial charge in [0.2, 0.25) is 0 Å². The molecule has 1 N–H and O–H groups in total. The smallest absolute Gasteiger partial charge is 0.339 e. The van der Waals surface area contributed by atoms with Crippen LogP contribution in [0.5, 0.6) is 5.75 Å². The second-order valence-electron chi connectivity index (χ2n) is 6.51. The van der Waals surface area contributed by atoms with Crippen LogP contribution in [0.15, 0.2) is 76.7 Å². The summed E-state index contributed by atoms with van der Waals surface area (Å²) in [5, 5.41) is 25.8. The van der Waals surface area contributed by atoms with E-state index in [0.717, 1.165) is 17.7 Å². The molecule has 0 aromatic heterocycles. The van der Waals surface area contributed by atoms with Gasteiger partial charge >= 0.3 is 15.8 Å². The monoisotopic (exact) mass is 456 g/mol. The van der Waals surface area contributed by atoms with Gasteiger partial charge in [0.1, 0.15) is 16.3 Å². The highest BCUT2D eigenvalue weighted by atomic mass is 32.2. The Morgan fingerprint density at radius 2 is 1.69 bits per heavy atom. The van der Waals surface area contributed by atoms with Gasteiger partial charge in [-0.15, -0.1) is 0 Å². The molecule has 0 amide bonds. The summed E-state index contributed by atoms with van der Waals surface area (Å²) in [7, 11) is -4.03. The lowest BCUT2D eigenvalue weighted by molar-refractivity contribution is -0.393. The molecule has 12 heteroatoms. The summed E-state index contributed by atoms with van der Waals surface area (Å²) in [6.07, 6.45) is 1.29. The minimum absolute atomic E-state index is 0.00863. The molecule has 11 nitrogen and oxygen atoms in total. The summed E-state index contributed by atoms with van der Waals surface area (Å²) < 4.78 is 30.0. The van der Waals surface area contributed by atoms with Gasteiger partial charge in [-0.05, 0) is 42.8 Å². The molecular weight excluding hydrogens is 440 g/mol. The Hall–Kier alpha value is -4.32. The Morgan fingerprint density at radius 1 is 0.969 bits per heavy atom. The van der Waals surface area contributed by atoms with Crippen LogP contribution in [-0.4, -0.2) is 24.5 Å². The molecule has 0 heterocycles. The number of non-ortho nitro benzene ring substituents is 1. The molecule has 3 rings (SSSR count). The van der Waals surface area contributed by atoms with Crippen LogP contribution in [0.1, 0.15) is 11.1 Å². The summed E-state index contributed by atoms with van der Waals surface area (Å²) in [5.41, 5.74) is 2.81. The molecule has 3 aromatic carbocycles. The molecule has 0 fully saturated rings. The minimum atomic E-state index is -4.03. The molecule has 0 aliphatic rings. The molecule has 164 valence electrons. The van der Waals surface area contributed by atoms with Gasteiger partial charge in [-0.3, -0.25) is 25.7 Å². The second kappa shape index (κ2) is 9.22. The number of aryl methyl sites for hydroxylation is 1. The number of nitro groups is 2. The van der Waals surface area contributed by atoms with Crippen LogP contribution in [0, 0.1) is 27.2 Å². The number of nitro benzene ring substituents is 2. The van der Waals surface area contributed by atoms with Crippen molar-refractivity contribution in [1.29, 1.82) is 0 Å². The van der Waals surface area contributed by atoms with Gasteiger partial charge in [0, 0.05) is 6.07 Å². The van der Waals surface area contributed by atoms with Gasteiger partial charge < -0.3 is 4.18 Å². The van der Waals surface area contributed by atoms with Crippen molar-refractivity contribution in [3.05, 3.63) is 98.1 Å². The topological polar surface area (TPSA) is 154 Å². The quantitative estimate of drug-likeness (QED) is 0.231. The highest BCUT2D eigenvalue weighted by Crippen LogP contribution is 2.29. The van der Waals surface area contributed by atoms with Gasteiger partial charge in [-0.2, -0.15) is 13.5 Å². The fourth-order valence-electron chi connectivity index (χ4n) is 2.58. The van der Waals surface area contributed by atoms with E-state index in [0.29, 0.717) is 5.56 Å². The maximum Gasteiger partial charge on any atom is 0.339 e. The standard InChI is InChI=1S/C20H16N4O7S/c1-14-5-8-18(9-6-14)32(29,30)31-17-4-2-3-15(11-17)13-21-22-19-10-7-16(23(25)26)12-20(19)24(27)28/h2-13,22H,1H3/b21-13-. The zero-order valence-electron chi connectivity index (χ0n) is 16.5. The van der Waals surface area contributed by atoms with Crippen molar-refractivity contribution >= 4 is 33.4 Å². The number of benzene rings is 3. The fraction of sp³-hybridized carbons (Fsp3) is 0.0500. The number of rotatable bonds is 8. The number of nitrogens with one attached hydrogen (secondary N) is 1. The molecule has 3 aromatic rings. The van der Waals surface area contributed by atoms with Gasteiger partial charge in [0.15, 0.2) is 0 Å². The molecule has 0 saturated carbocycles. The average Bonchev–Trinajstić information content (AvgIpc) is 2.74. The van der Waals surface area contributed by atoms with E-state index < -0.39 is 31.3 Å². The first kappa shape index (κ1) is 22.4. The molecule has 0 aliphatic heterocycles. The summed E-state index contributed by atoms with van der Waals surface area (Å²) >= 11 is 0. The summed E-state index contributed by atoms with van der Waals surface area (Å²) in [4.78, 5) is 20.5. The number of hydrogen-bond donors (Lipinski definition) is 1. The van der Waals surface area contributed by atoms with Crippen LogP contribution in [0.25, 0.3) is 0 Å². The molecule has 32 heavy (non-hydrogen) atoms. The Balaban J connectivity index is 1.76. The van der Waals surface area contributed by atoms with E-state index in [2.05, 4.69) is 10.5 Å². The van der Waals surface area contributed by atoms with Crippen LogP contribution >= 0.6 is 0 Å². The molecule has 0 aliphatic carbocycles. The Morgan fingerprint density at radius 3 is 2.34 bits per heavy atom. The largest absolute Gasteiger partial charge is 0.379 e. The predicted octanol–water partition coefficient (Wildman–Crippen LogP) is 4.03. The molecule has 0 radical (unpaired) electrons. The van der Waals surface area contributed by atoms with E-state index in [9.17, 15) is 28.6 Å². The highest BCUT2D eigenvalue weighted by molar-refractivity contribution is 7.87. The summed E-state index contributed by atoms with van der Waals surface area (Å²) in [6.45, 7) is 1.83. The SMILES string of the molecule is Cc1ccc(S(=O)(=O)Oc2cccc(/C=N\Nc3ccc([N+](=O)[O-])cc3[N+](=O)[O-])c2)cc1. The van der Waals surface area contributed by atoms with Crippen LogP contribution in [0.4, 0.5) is 17.1 Å². The third-order valence-corrected chi connectivity index (χ3v) is 5.42. The fourth-order valence-corrected chi connectivity index (χ4v) is 3.50. The molecule has 0 spiro atoms. The maximum absolute atomic E-state index is 12.4. The zero-order chi connectivity index (χ0) is 23.3. The minimum Gasteiger partial charge on any atom is -0.379 e. The Kier molecular flexibility index (Phi) is 6.45. The lowest BCUT2D eigenvalue weighted by atomic mass is 10.2. The number of nitrogens with zero attached hydrogens (tertiary/aromatic N) is 3. The Bertz CT molecular complexity index is 1310. The van der Waals surface area contributed by atoms with Crippen molar-refractivity contribution in [2.24, 2.45) is 5.10 Å². The van der Waals surface area contributed by atoms with E-state index in [1.54, 1.807) is 24.3 Å². The third kappa shape index (κ3) is 5.43. The van der Waals surface area contributed by atoms with Gasteiger partial charge in [-0.1, -0.05) is 29.8 Å². The van der Waals surface area contributed by atoms with E-state index in [4.69, 9.17) is 4.18 Å². The molecular formula is C20H16N4O7S. The van der Waals surface area contributed by atoms with Crippen molar-refractivity contribution in [2.45, 2.75) is 11.8 Å². The zero-order valence-corrected chi connectivity index (χ0v) is 17.4. The highest BCUT2D eigenvalue weighted by Gasteiger charge is 2.19. The molecule has 0 saturated heterocycles. The van der Waals surface area contributed by atoms with Gasteiger partial charge in [0.05, 0.1) is 22.1 Å². The first-order valence-corrected chi connectivity index (χ1v) is 10.4. The average molecular weight is 456 g/mol. The van der Waals surface area contributed by atoms with Crippen LogP contribution in [0.2, 0.25) is 0 Å². The van der Waals surface area contributed by atoms with E-state index in [-0.39, 0.29) is 16.3 Å². The van der Waals surface area contributed by atoms with E-state index in [1.807, 2.05) is 6.92 Å². The summed E-state index contributed by atoms with van der Waals surface area (Å²) in [5.74, 6) is 0.0517. The molecule has 0 bridgehead atoms.